The van der Waals surface area contributed by atoms with Crippen LogP contribution in [0.3, 0.4) is 0 Å². The Bertz CT molecular complexity index is 1440. The molecule has 40 heavy (non-hydrogen) atoms. The number of nitrogens with one attached hydrogen (secondary N) is 1. The number of ether oxygens (including phenoxy) is 3. The van der Waals surface area contributed by atoms with Crippen LogP contribution >= 0.6 is 0 Å². The number of hydrogen-bond acceptors (Lipinski definition) is 10. The lowest BCUT2D eigenvalue weighted by molar-refractivity contribution is -0.0170. The number of aryl methyl sites for hydroxylation is 2. The lowest BCUT2D eigenvalue weighted by Crippen LogP contribution is -2.41. The second-order valence-electron chi connectivity index (χ2n) is 9.42. The topological polar surface area (TPSA) is 149 Å². The molecule has 1 unspecified atom stereocenters. The number of nitrogens with zero attached hydrogens (tertiary/aromatic N) is 6. The Balaban J connectivity index is 1.91. The van der Waals surface area contributed by atoms with Crippen LogP contribution in [0.4, 0.5) is 0 Å². The molecule has 4 aromatic rings. The van der Waals surface area contributed by atoms with Crippen LogP contribution in [0.1, 0.15) is 42.7 Å². The maximum atomic E-state index is 12.0. The van der Waals surface area contributed by atoms with Crippen LogP contribution in [0.5, 0.6) is 11.5 Å². The minimum absolute atomic E-state index is 0.0655. The van der Waals surface area contributed by atoms with Crippen molar-refractivity contribution in [2.24, 2.45) is 0 Å². The molecule has 212 valence electrons. The van der Waals surface area contributed by atoms with Crippen LogP contribution in [0.15, 0.2) is 49.1 Å². The molecule has 0 saturated carbocycles. The Morgan fingerprint density at radius 1 is 1.00 bits per heavy atom. The van der Waals surface area contributed by atoms with Crippen molar-refractivity contribution in [3.05, 3.63) is 71.8 Å². The minimum atomic E-state index is -2.63. The van der Waals surface area contributed by atoms with E-state index in [-0.39, 0.29) is 12.5 Å². The van der Waals surface area contributed by atoms with Crippen molar-refractivity contribution >= 4 is 11.3 Å². The SMILES string of the molecule is COc1cccc(OC)c1-n1c(C[C@H](NS(=O)[O-])[C@H](OC(C)C)c2ncc(C)cn2)nnc1-c1cncc(C)c1. The number of methoxy groups -OCH3 is 2. The van der Waals surface area contributed by atoms with Crippen molar-refractivity contribution in [2.75, 3.05) is 14.2 Å². The van der Waals surface area contributed by atoms with Gasteiger partial charge in [0.25, 0.3) is 0 Å². The van der Waals surface area contributed by atoms with E-state index in [2.05, 4.69) is 29.9 Å². The Kier molecular flexibility index (Phi) is 9.53. The molecule has 4 rings (SSSR count). The van der Waals surface area contributed by atoms with Gasteiger partial charge in [0.05, 0.1) is 26.4 Å². The molecular formula is C27H32N7O5S-. The summed E-state index contributed by atoms with van der Waals surface area (Å²) in [7, 11) is 3.12. The molecule has 0 fully saturated rings. The molecule has 0 amide bonds. The Hall–Kier alpha value is -3.78. The molecule has 0 saturated heterocycles. The van der Waals surface area contributed by atoms with E-state index in [0.29, 0.717) is 40.2 Å². The van der Waals surface area contributed by atoms with Gasteiger partial charge in [0.1, 0.15) is 29.1 Å². The van der Waals surface area contributed by atoms with E-state index in [1.165, 1.54) is 0 Å². The summed E-state index contributed by atoms with van der Waals surface area (Å²) < 4.78 is 46.0. The molecule has 0 aliphatic heterocycles. The highest BCUT2D eigenvalue weighted by molar-refractivity contribution is 7.77. The molecule has 13 heteroatoms. The molecule has 1 aromatic carbocycles. The van der Waals surface area contributed by atoms with Crippen LogP contribution in [0.2, 0.25) is 0 Å². The first kappa shape index (κ1) is 29.2. The van der Waals surface area contributed by atoms with Gasteiger partial charge in [0.15, 0.2) is 11.6 Å². The van der Waals surface area contributed by atoms with Crippen molar-refractivity contribution in [2.45, 2.75) is 52.4 Å². The number of aromatic nitrogens is 6. The van der Waals surface area contributed by atoms with Crippen LogP contribution in [-0.4, -0.2) is 64.8 Å². The van der Waals surface area contributed by atoms with E-state index < -0.39 is 23.4 Å². The largest absolute Gasteiger partial charge is 0.760 e. The summed E-state index contributed by atoms with van der Waals surface area (Å²) in [6.45, 7) is 7.52. The first-order valence-electron chi connectivity index (χ1n) is 12.6. The van der Waals surface area contributed by atoms with Crippen LogP contribution in [0.25, 0.3) is 17.1 Å². The third-order valence-electron chi connectivity index (χ3n) is 5.98. The third-order valence-corrected chi connectivity index (χ3v) is 6.47. The summed E-state index contributed by atoms with van der Waals surface area (Å²) in [5.41, 5.74) is 3.06. The van der Waals surface area contributed by atoms with Crippen molar-refractivity contribution in [1.82, 2.24) is 34.4 Å². The first-order valence-corrected chi connectivity index (χ1v) is 13.7. The van der Waals surface area contributed by atoms with Gasteiger partial charge in [-0.2, -0.15) is 0 Å². The lowest BCUT2D eigenvalue weighted by atomic mass is 10.1. The predicted octanol–water partition coefficient (Wildman–Crippen LogP) is 3.21. The monoisotopic (exact) mass is 566 g/mol. The molecule has 0 bridgehead atoms. The van der Waals surface area contributed by atoms with Crippen molar-refractivity contribution in [1.29, 1.82) is 0 Å². The molecular weight excluding hydrogens is 534 g/mol. The van der Waals surface area contributed by atoms with Gasteiger partial charge in [0.2, 0.25) is 0 Å². The fraction of sp³-hybridized carbons (Fsp3) is 0.370. The van der Waals surface area contributed by atoms with Gasteiger partial charge in [0, 0.05) is 48.0 Å². The maximum Gasteiger partial charge on any atom is 0.170 e. The molecule has 3 atom stereocenters. The molecule has 1 N–H and O–H groups in total. The molecule has 3 aromatic heterocycles. The zero-order valence-electron chi connectivity index (χ0n) is 23.2. The zero-order chi connectivity index (χ0) is 28.8. The fourth-order valence-electron chi connectivity index (χ4n) is 4.31. The Morgan fingerprint density at radius 3 is 2.25 bits per heavy atom. The smallest absolute Gasteiger partial charge is 0.170 e. The van der Waals surface area contributed by atoms with Gasteiger partial charge in [-0.1, -0.05) is 6.07 Å². The van der Waals surface area contributed by atoms with Gasteiger partial charge >= 0.3 is 0 Å². The van der Waals surface area contributed by atoms with Crippen molar-refractivity contribution < 1.29 is 23.0 Å². The number of para-hydroxylation sites is 1. The second kappa shape index (κ2) is 13.0. The molecule has 3 heterocycles. The van der Waals surface area contributed by atoms with Gasteiger partial charge in [-0.15, -0.1) is 10.2 Å². The van der Waals surface area contributed by atoms with Crippen molar-refractivity contribution in [3.8, 4) is 28.6 Å². The van der Waals surface area contributed by atoms with E-state index in [9.17, 15) is 8.76 Å². The Morgan fingerprint density at radius 2 is 1.68 bits per heavy atom. The number of benzene rings is 1. The summed E-state index contributed by atoms with van der Waals surface area (Å²) in [6, 6.07) is 6.51. The second-order valence-corrected chi connectivity index (χ2v) is 10.1. The van der Waals surface area contributed by atoms with Crippen LogP contribution < -0.4 is 14.2 Å². The molecule has 0 radical (unpaired) electrons. The van der Waals surface area contributed by atoms with Gasteiger partial charge in [-0.3, -0.25) is 13.8 Å². The first-order chi connectivity index (χ1) is 19.2. The summed E-state index contributed by atoms with van der Waals surface area (Å²) in [5, 5.41) is 9.00. The molecule has 0 aliphatic carbocycles. The Labute approximate surface area is 235 Å². The fourth-order valence-corrected chi connectivity index (χ4v) is 4.76. The molecule has 0 aliphatic rings. The lowest BCUT2D eigenvalue weighted by Gasteiger charge is -2.29. The van der Waals surface area contributed by atoms with Gasteiger partial charge in [-0.25, -0.2) is 14.7 Å². The average Bonchev–Trinajstić information content (AvgIpc) is 3.34. The standard InChI is InChI=1S/C27H33N7O5S/c1-16(2)39-25(26-29-13-18(4)14-30-26)20(33-40(35)36)11-23-31-32-27(19-10-17(3)12-28-15-19)34(23)24-21(37-5)8-7-9-22(24)38-6/h7-10,12-16,20,25,33H,11H2,1-6H3,(H,35,36)/p-1/t20-,25-/m0/s1. The van der Waals surface area contributed by atoms with Gasteiger partial charge < -0.3 is 18.8 Å². The number of hydrogen-bond donors (Lipinski definition) is 1. The normalized spacial score (nSPS) is 13.7. The summed E-state index contributed by atoms with van der Waals surface area (Å²) in [6.07, 6.45) is 5.74. The highest BCUT2D eigenvalue weighted by Gasteiger charge is 2.32. The van der Waals surface area contributed by atoms with Gasteiger partial charge in [-0.05, 0) is 57.0 Å². The van der Waals surface area contributed by atoms with E-state index in [1.807, 2.05) is 39.8 Å². The van der Waals surface area contributed by atoms with E-state index in [0.717, 1.165) is 11.1 Å². The average molecular weight is 567 g/mol. The highest BCUT2D eigenvalue weighted by Crippen LogP contribution is 2.37. The summed E-state index contributed by atoms with van der Waals surface area (Å²) >= 11 is -2.63. The van der Waals surface area contributed by atoms with Crippen molar-refractivity contribution in [3.63, 3.8) is 0 Å². The minimum Gasteiger partial charge on any atom is -0.760 e. The van der Waals surface area contributed by atoms with Crippen LogP contribution in [-0.2, 0) is 22.4 Å². The van der Waals surface area contributed by atoms with E-state index >= 15 is 0 Å². The quantitative estimate of drug-likeness (QED) is 0.253. The van der Waals surface area contributed by atoms with E-state index in [1.54, 1.807) is 55.7 Å². The highest BCUT2D eigenvalue weighted by atomic mass is 32.2. The zero-order valence-corrected chi connectivity index (χ0v) is 24.0. The molecule has 0 spiro atoms. The maximum absolute atomic E-state index is 12.0. The number of rotatable bonds is 12. The molecule has 12 nitrogen and oxygen atoms in total. The summed E-state index contributed by atoms with van der Waals surface area (Å²) in [4.78, 5) is 13.2. The number of pyridine rings is 1. The summed E-state index contributed by atoms with van der Waals surface area (Å²) in [5.74, 6) is 2.26. The third kappa shape index (κ3) is 6.67. The predicted molar refractivity (Wildman–Crippen MR) is 148 cm³/mol. The van der Waals surface area contributed by atoms with Crippen LogP contribution in [0, 0.1) is 13.8 Å². The van der Waals surface area contributed by atoms with E-state index in [4.69, 9.17) is 14.2 Å².